The van der Waals surface area contributed by atoms with Gasteiger partial charge < -0.3 is 15.0 Å². The summed E-state index contributed by atoms with van der Waals surface area (Å²) in [6.45, 7) is 0.156. The molecule has 0 bridgehead atoms. The van der Waals surface area contributed by atoms with E-state index in [-0.39, 0.29) is 18.9 Å². The maximum Gasteiger partial charge on any atom is 0.305 e. The second-order valence-corrected chi connectivity index (χ2v) is 2.97. The summed E-state index contributed by atoms with van der Waals surface area (Å²) in [5, 5.41) is 10.9. The molecule has 0 unspecified atom stereocenters. The molecule has 5 nitrogen and oxygen atoms in total. The van der Waals surface area contributed by atoms with Crippen LogP contribution in [0.2, 0.25) is 0 Å². The first-order valence-corrected chi connectivity index (χ1v) is 4.21. The lowest BCUT2D eigenvalue weighted by molar-refractivity contribution is -0.136. The number of carbonyl (C=O) groups is 2. The number of carboxylic acid groups (broad SMARTS) is 1. The molecule has 0 aliphatic carbocycles. The van der Waals surface area contributed by atoms with Gasteiger partial charge in [0.2, 0.25) is 0 Å². The van der Waals surface area contributed by atoms with E-state index in [2.05, 4.69) is 5.32 Å². The Balaban J connectivity index is 2.39. The largest absolute Gasteiger partial charge is 0.481 e. The molecule has 0 spiro atoms. The van der Waals surface area contributed by atoms with Crippen LogP contribution in [0.5, 0.6) is 0 Å². The van der Waals surface area contributed by atoms with Gasteiger partial charge in [-0.3, -0.25) is 9.59 Å². The van der Waals surface area contributed by atoms with E-state index < -0.39 is 5.97 Å². The van der Waals surface area contributed by atoms with Gasteiger partial charge in [-0.15, -0.1) is 0 Å². The smallest absolute Gasteiger partial charge is 0.305 e. The minimum Gasteiger partial charge on any atom is -0.481 e. The first kappa shape index (κ1) is 10.3. The van der Waals surface area contributed by atoms with E-state index in [1.165, 1.54) is 0 Å². The third-order valence-electron chi connectivity index (χ3n) is 1.72. The molecule has 0 saturated carbocycles. The lowest BCUT2D eigenvalue weighted by atomic mass is 10.3. The molecule has 0 radical (unpaired) electrons. The number of amides is 1. The Morgan fingerprint density at radius 1 is 1.57 bits per heavy atom. The molecule has 1 amide bonds. The molecule has 1 heterocycles. The van der Waals surface area contributed by atoms with Gasteiger partial charge >= 0.3 is 5.97 Å². The van der Waals surface area contributed by atoms with Crippen molar-refractivity contribution in [3.63, 3.8) is 0 Å². The van der Waals surface area contributed by atoms with Gasteiger partial charge in [0.25, 0.3) is 5.91 Å². The van der Waals surface area contributed by atoms with Crippen LogP contribution < -0.4 is 5.32 Å². The standard InChI is InChI=1S/C9H12N2O3/c1-11-5-3-7(6-11)9(14)10-4-2-8(12)13/h3,5-6H,2,4H2,1H3,(H,10,14)(H,12,13). The average Bonchev–Trinajstić information content (AvgIpc) is 2.51. The number of nitrogens with zero attached hydrogens (tertiary/aromatic N) is 1. The van der Waals surface area contributed by atoms with Crippen LogP contribution in [0.1, 0.15) is 16.8 Å². The molecule has 5 heteroatoms. The van der Waals surface area contributed by atoms with Crippen molar-refractivity contribution < 1.29 is 14.7 Å². The summed E-state index contributed by atoms with van der Waals surface area (Å²) in [5.74, 6) is -1.16. The van der Waals surface area contributed by atoms with Crippen molar-refractivity contribution in [3.05, 3.63) is 24.0 Å². The number of nitrogens with one attached hydrogen (secondary N) is 1. The first-order chi connectivity index (χ1) is 6.59. The van der Waals surface area contributed by atoms with E-state index >= 15 is 0 Å². The summed E-state index contributed by atoms with van der Waals surface area (Å²) in [6, 6.07) is 1.68. The van der Waals surface area contributed by atoms with Gasteiger partial charge in [0.15, 0.2) is 0 Å². The molecular formula is C9H12N2O3. The van der Waals surface area contributed by atoms with Gasteiger partial charge in [0.05, 0.1) is 12.0 Å². The van der Waals surface area contributed by atoms with Crippen LogP contribution in [-0.2, 0) is 11.8 Å². The van der Waals surface area contributed by atoms with Gasteiger partial charge in [-0.25, -0.2) is 0 Å². The molecule has 1 aromatic heterocycles. The zero-order chi connectivity index (χ0) is 10.6. The highest BCUT2D eigenvalue weighted by Gasteiger charge is 2.06. The van der Waals surface area contributed by atoms with Crippen molar-refractivity contribution in [1.29, 1.82) is 0 Å². The highest BCUT2D eigenvalue weighted by atomic mass is 16.4. The van der Waals surface area contributed by atoms with E-state index in [9.17, 15) is 9.59 Å². The quantitative estimate of drug-likeness (QED) is 0.724. The van der Waals surface area contributed by atoms with Gasteiger partial charge in [-0.2, -0.15) is 0 Å². The van der Waals surface area contributed by atoms with Crippen molar-refractivity contribution in [3.8, 4) is 0 Å². The highest BCUT2D eigenvalue weighted by Crippen LogP contribution is 1.98. The lowest BCUT2D eigenvalue weighted by Crippen LogP contribution is -2.25. The van der Waals surface area contributed by atoms with Crippen molar-refractivity contribution >= 4 is 11.9 Å². The minimum atomic E-state index is -0.918. The fraction of sp³-hybridized carbons (Fsp3) is 0.333. The number of carboxylic acids is 1. The molecule has 2 N–H and O–H groups in total. The number of hydrogen-bond donors (Lipinski definition) is 2. The first-order valence-electron chi connectivity index (χ1n) is 4.21. The van der Waals surface area contributed by atoms with Crippen LogP contribution in [0.3, 0.4) is 0 Å². The Hall–Kier alpha value is -1.78. The molecule has 76 valence electrons. The van der Waals surface area contributed by atoms with Gasteiger partial charge in [-0.05, 0) is 6.07 Å². The topological polar surface area (TPSA) is 71.3 Å². The molecule has 0 aromatic carbocycles. The summed E-state index contributed by atoms with van der Waals surface area (Å²) in [6.07, 6.45) is 3.38. The zero-order valence-corrected chi connectivity index (χ0v) is 7.86. The third-order valence-corrected chi connectivity index (χ3v) is 1.72. The predicted octanol–water partition coefficient (Wildman–Crippen LogP) is 0.230. The Morgan fingerprint density at radius 2 is 2.29 bits per heavy atom. The van der Waals surface area contributed by atoms with E-state index in [0.29, 0.717) is 5.56 Å². The molecule has 0 fully saturated rings. The van der Waals surface area contributed by atoms with Crippen LogP contribution >= 0.6 is 0 Å². The maximum absolute atomic E-state index is 11.3. The summed E-state index contributed by atoms with van der Waals surface area (Å²) in [7, 11) is 1.81. The molecular weight excluding hydrogens is 184 g/mol. The van der Waals surface area contributed by atoms with Crippen molar-refractivity contribution in [2.75, 3.05) is 6.54 Å². The number of aromatic nitrogens is 1. The molecule has 1 aromatic rings. The SMILES string of the molecule is Cn1ccc(C(=O)NCCC(=O)O)c1. The van der Waals surface area contributed by atoms with E-state index in [0.717, 1.165) is 0 Å². The van der Waals surface area contributed by atoms with Crippen molar-refractivity contribution in [1.82, 2.24) is 9.88 Å². The van der Waals surface area contributed by atoms with Gasteiger partial charge in [-0.1, -0.05) is 0 Å². The number of aliphatic carboxylic acids is 1. The van der Waals surface area contributed by atoms with Crippen LogP contribution in [-0.4, -0.2) is 28.1 Å². The van der Waals surface area contributed by atoms with E-state index in [1.807, 2.05) is 7.05 Å². The Morgan fingerprint density at radius 3 is 2.79 bits per heavy atom. The Labute approximate surface area is 81.3 Å². The third kappa shape index (κ3) is 2.93. The van der Waals surface area contributed by atoms with Crippen molar-refractivity contribution in [2.24, 2.45) is 7.05 Å². The van der Waals surface area contributed by atoms with Crippen LogP contribution in [0, 0.1) is 0 Å². The van der Waals surface area contributed by atoms with Crippen molar-refractivity contribution in [2.45, 2.75) is 6.42 Å². The fourth-order valence-corrected chi connectivity index (χ4v) is 1.02. The summed E-state index contributed by atoms with van der Waals surface area (Å²) >= 11 is 0. The molecule has 1 rings (SSSR count). The monoisotopic (exact) mass is 196 g/mol. The maximum atomic E-state index is 11.3. The highest BCUT2D eigenvalue weighted by molar-refractivity contribution is 5.94. The minimum absolute atomic E-state index is 0.0570. The molecule has 0 aliphatic heterocycles. The summed E-state index contributed by atoms with van der Waals surface area (Å²) < 4.78 is 1.76. The zero-order valence-electron chi connectivity index (χ0n) is 7.86. The molecule has 0 aliphatic rings. The number of aryl methyl sites for hydroxylation is 1. The molecule has 0 atom stereocenters. The van der Waals surface area contributed by atoms with E-state index in [4.69, 9.17) is 5.11 Å². The van der Waals surface area contributed by atoms with Crippen LogP contribution in [0.15, 0.2) is 18.5 Å². The number of hydrogen-bond acceptors (Lipinski definition) is 2. The van der Waals surface area contributed by atoms with Crippen LogP contribution in [0.25, 0.3) is 0 Å². The Bertz CT molecular complexity index is 344. The van der Waals surface area contributed by atoms with Crippen LogP contribution in [0.4, 0.5) is 0 Å². The number of carbonyl (C=O) groups excluding carboxylic acids is 1. The summed E-state index contributed by atoms with van der Waals surface area (Å²) in [4.78, 5) is 21.5. The second-order valence-electron chi connectivity index (χ2n) is 2.97. The number of rotatable bonds is 4. The average molecular weight is 196 g/mol. The second kappa shape index (κ2) is 4.45. The fourth-order valence-electron chi connectivity index (χ4n) is 1.02. The Kier molecular flexibility index (Phi) is 3.28. The lowest BCUT2D eigenvalue weighted by Gasteiger charge is -2.00. The predicted molar refractivity (Wildman–Crippen MR) is 50.0 cm³/mol. The van der Waals surface area contributed by atoms with Gasteiger partial charge in [0.1, 0.15) is 0 Å². The molecule has 14 heavy (non-hydrogen) atoms. The van der Waals surface area contributed by atoms with Gasteiger partial charge in [0, 0.05) is 26.0 Å². The normalized spacial score (nSPS) is 9.79. The van der Waals surface area contributed by atoms with E-state index in [1.54, 1.807) is 23.0 Å². The summed E-state index contributed by atoms with van der Waals surface area (Å²) in [5.41, 5.74) is 0.540. The molecule has 0 saturated heterocycles.